The Bertz CT molecular complexity index is 1690. The highest BCUT2D eigenvalue weighted by atomic mass is 16.7. The van der Waals surface area contributed by atoms with Gasteiger partial charge in [-0.05, 0) is 53.8 Å². The van der Waals surface area contributed by atoms with Crippen molar-refractivity contribution in [1.82, 2.24) is 0 Å². The van der Waals surface area contributed by atoms with Crippen LogP contribution in [0.3, 0.4) is 0 Å². The maximum absolute atomic E-state index is 5.91. The van der Waals surface area contributed by atoms with E-state index in [4.69, 9.17) is 18.9 Å². The van der Waals surface area contributed by atoms with Gasteiger partial charge in [0.05, 0.1) is 25.2 Å². The molecule has 0 bridgehead atoms. The Morgan fingerprint density at radius 1 is 0.769 bits per heavy atom. The lowest BCUT2D eigenvalue weighted by atomic mass is 9.88. The van der Waals surface area contributed by atoms with Gasteiger partial charge in [0.2, 0.25) is 12.5 Å². The second kappa shape index (κ2) is 9.66. The first-order chi connectivity index (χ1) is 19.2. The Morgan fingerprint density at radius 3 is 2.38 bits per heavy atom. The monoisotopic (exact) mass is 516 g/mol. The fraction of sp³-hybridized carbons (Fsp3) is 0.206. The second-order valence-electron chi connectivity index (χ2n) is 10.1. The second-order valence-corrected chi connectivity index (χ2v) is 10.1. The molecule has 0 fully saturated rings. The smallest absolute Gasteiger partial charge is 0.231 e. The lowest BCUT2D eigenvalue weighted by Crippen LogP contribution is -2.41. The number of fused-ring (bicyclic) bond motifs is 6. The fourth-order valence-corrected chi connectivity index (χ4v) is 6.11. The van der Waals surface area contributed by atoms with E-state index >= 15 is 0 Å². The molecule has 5 nitrogen and oxygen atoms in total. The first-order valence-electron chi connectivity index (χ1n) is 13.4. The molecule has 5 heteroatoms. The standard InChI is InChI=1S/C34H30NO4/c1-36-30-16-14-25-26(13-10-22-8-11-24(12-9-22)23-6-4-3-5-7-23)32-27-15-17-31-34(39-21-38-31)28(27)18-19-35(32)20-29(25)33(30)37-2/h3-9,11-12,14-17,20H,10,13,18-19,21H2,1-2H3/q+1. The van der Waals surface area contributed by atoms with Crippen LogP contribution in [0.25, 0.3) is 33.2 Å². The van der Waals surface area contributed by atoms with Crippen LogP contribution in [0.1, 0.15) is 16.7 Å². The largest absolute Gasteiger partial charge is 0.493 e. The highest BCUT2D eigenvalue weighted by Gasteiger charge is 2.33. The van der Waals surface area contributed by atoms with E-state index in [0.717, 1.165) is 54.2 Å². The van der Waals surface area contributed by atoms with E-state index in [1.165, 1.54) is 44.5 Å². The molecule has 3 heterocycles. The molecule has 0 saturated carbocycles. The van der Waals surface area contributed by atoms with E-state index in [1.54, 1.807) is 14.2 Å². The third-order valence-corrected chi connectivity index (χ3v) is 7.99. The van der Waals surface area contributed by atoms with Gasteiger partial charge in [-0.1, -0.05) is 54.6 Å². The molecule has 0 spiro atoms. The summed E-state index contributed by atoms with van der Waals surface area (Å²) in [7, 11) is 3.40. The van der Waals surface area contributed by atoms with Crippen molar-refractivity contribution in [2.45, 2.75) is 25.8 Å². The molecule has 0 aliphatic carbocycles. The number of ether oxygens (including phenoxy) is 4. The van der Waals surface area contributed by atoms with Gasteiger partial charge in [0.25, 0.3) is 0 Å². The van der Waals surface area contributed by atoms with Crippen molar-refractivity contribution in [2.24, 2.45) is 0 Å². The van der Waals surface area contributed by atoms with Crippen molar-refractivity contribution in [3.8, 4) is 45.4 Å². The van der Waals surface area contributed by atoms with E-state index in [9.17, 15) is 0 Å². The first kappa shape index (κ1) is 23.6. The van der Waals surface area contributed by atoms with Crippen LogP contribution < -0.4 is 23.5 Å². The molecule has 0 atom stereocenters. The van der Waals surface area contributed by atoms with Crippen molar-refractivity contribution in [1.29, 1.82) is 0 Å². The number of methoxy groups -OCH3 is 2. The molecule has 0 amide bonds. The van der Waals surface area contributed by atoms with Gasteiger partial charge in [-0.15, -0.1) is 0 Å². The van der Waals surface area contributed by atoms with Gasteiger partial charge < -0.3 is 18.9 Å². The van der Waals surface area contributed by atoms with Gasteiger partial charge >= 0.3 is 0 Å². The van der Waals surface area contributed by atoms with Crippen molar-refractivity contribution in [2.75, 3.05) is 21.0 Å². The summed E-state index contributed by atoms with van der Waals surface area (Å²) in [5.41, 5.74) is 8.79. The van der Waals surface area contributed by atoms with Gasteiger partial charge in [0.1, 0.15) is 0 Å². The Balaban J connectivity index is 1.34. The molecular formula is C34H30NO4+. The molecule has 0 N–H and O–H groups in total. The molecule has 2 aliphatic rings. The maximum Gasteiger partial charge on any atom is 0.231 e. The summed E-state index contributed by atoms with van der Waals surface area (Å²) < 4.78 is 25.5. The summed E-state index contributed by atoms with van der Waals surface area (Å²) in [4.78, 5) is 0. The molecule has 4 aromatic carbocycles. The third-order valence-electron chi connectivity index (χ3n) is 7.99. The molecule has 1 aromatic heterocycles. The van der Waals surface area contributed by atoms with Crippen LogP contribution in [0.2, 0.25) is 0 Å². The number of hydrogen-bond donors (Lipinski definition) is 0. The molecule has 194 valence electrons. The average molecular weight is 517 g/mol. The normalized spacial score (nSPS) is 13.2. The SMILES string of the molecule is COc1ccc2c(CCc3ccc(-c4ccccc4)cc3)c3[n+](cc2c1OC)CCc1c-3ccc2c1OCO2. The van der Waals surface area contributed by atoms with Crippen molar-refractivity contribution < 1.29 is 23.5 Å². The van der Waals surface area contributed by atoms with Gasteiger partial charge in [-0.2, -0.15) is 4.57 Å². The van der Waals surface area contributed by atoms with E-state index in [2.05, 4.69) is 77.5 Å². The van der Waals surface area contributed by atoms with E-state index in [0.29, 0.717) is 0 Å². The van der Waals surface area contributed by atoms with E-state index in [-0.39, 0.29) is 6.79 Å². The van der Waals surface area contributed by atoms with Gasteiger partial charge in [-0.25, -0.2) is 0 Å². The zero-order chi connectivity index (χ0) is 26.3. The molecular weight excluding hydrogens is 486 g/mol. The Hall–Kier alpha value is -4.51. The van der Waals surface area contributed by atoms with Gasteiger partial charge in [0.15, 0.2) is 35.7 Å². The van der Waals surface area contributed by atoms with Crippen LogP contribution >= 0.6 is 0 Å². The topological polar surface area (TPSA) is 40.8 Å². The predicted octanol–water partition coefficient (Wildman–Crippen LogP) is 6.55. The number of nitrogens with zero attached hydrogens (tertiary/aromatic N) is 1. The zero-order valence-corrected chi connectivity index (χ0v) is 22.2. The highest BCUT2D eigenvalue weighted by molar-refractivity contribution is 5.95. The van der Waals surface area contributed by atoms with Gasteiger partial charge in [0, 0.05) is 22.9 Å². The highest BCUT2D eigenvalue weighted by Crippen LogP contribution is 2.45. The van der Waals surface area contributed by atoms with Crippen LogP contribution in [-0.4, -0.2) is 21.0 Å². The molecule has 0 saturated heterocycles. The quantitative estimate of drug-likeness (QED) is 0.240. The minimum Gasteiger partial charge on any atom is -0.493 e. The molecule has 0 radical (unpaired) electrons. The van der Waals surface area contributed by atoms with Crippen LogP contribution in [0.15, 0.2) is 85.1 Å². The van der Waals surface area contributed by atoms with Crippen LogP contribution in [0, 0.1) is 0 Å². The summed E-state index contributed by atoms with van der Waals surface area (Å²) in [6, 6.07) is 27.9. The molecule has 0 unspecified atom stereocenters. The number of benzene rings is 4. The number of rotatable bonds is 6. The number of aryl methyl sites for hydroxylation is 3. The Morgan fingerprint density at radius 2 is 1.59 bits per heavy atom. The molecule has 7 rings (SSSR count). The summed E-state index contributed by atoms with van der Waals surface area (Å²) in [5.74, 6) is 3.26. The predicted molar refractivity (Wildman–Crippen MR) is 152 cm³/mol. The summed E-state index contributed by atoms with van der Waals surface area (Å²) in [5, 5.41) is 2.25. The molecule has 2 aliphatic heterocycles. The maximum atomic E-state index is 5.91. The average Bonchev–Trinajstić information content (AvgIpc) is 3.48. The van der Waals surface area contributed by atoms with Crippen molar-refractivity contribution in [3.63, 3.8) is 0 Å². The Labute approximate surface area is 228 Å². The molecule has 5 aromatic rings. The number of pyridine rings is 1. The van der Waals surface area contributed by atoms with Crippen LogP contribution in [0.5, 0.6) is 23.0 Å². The van der Waals surface area contributed by atoms with E-state index in [1.807, 2.05) is 12.1 Å². The lowest BCUT2D eigenvalue weighted by molar-refractivity contribution is -0.686. The van der Waals surface area contributed by atoms with Crippen molar-refractivity contribution >= 4 is 10.8 Å². The summed E-state index contributed by atoms with van der Waals surface area (Å²) in [6.45, 7) is 1.14. The van der Waals surface area contributed by atoms with E-state index < -0.39 is 0 Å². The fourth-order valence-electron chi connectivity index (χ4n) is 6.11. The summed E-state index contributed by atoms with van der Waals surface area (Å²) in [6.07, 6.45) is 4.92. The van der Waals surface area contributed by atoms with Gasteiger partial charge in [-0.3, -0.25) is 0 Å². The third kappa shape index (κ3) is 3.97. The minimum absolute atomic E-state index is 0.284. The lowest BCUT2D eigenvalue weighted by Gasteiger charge is -2.21. The minimum atomic E-state index is 0.284. The van der Waals surface area contributed by atoms with Crippen molar-refractivity contribution in [3.05, 3.63) is 102 Å². The van der Waals surface area contributed by atoms with Crippen LogP contribution in [0.4, 0.5) is 0 Å². The Kier molecular flexibility index (Phi) is 5.85. The number of aromatic nitrogens is 1. The first-order valence-corrected chi connectivity index (χ1v) is 13.4. The zero-order valence-electron chi connectivity index (χ0n) is 22.2. The number of hydrogen-bond acceptors (Lipinski definition) is 4. The summed E-state index contributed by atoms with van der Waals surface area (Å²) >= 11 is 0. The van der Waals surface area contributed by atoms with Crippen LogP contribution in [-0.2, 0) is 25.8 Å². The molecule has 39 heavy (non-hydrogen) atoms.